The van der Waals surface area contributed by atoms with Crippen molar-refractivity contribution in [3.05, 3.63) is 41.7 Å². The number of thioether (sulfide) groups is 1. The summed E-state index contributed by atoms with van der Waals surface area (Å²) in [7, 11) is 4.31. The Kier molecular flexibility index (Phi) is 7.50. The van der Waals surface area contributed by atoms with E-state index in [1.165, 1.54) is 28.6 Å². The van der Waals surface area contributed by atoms with Crippen LogP contribution >= 0.6 is 11.8 Å². The topological polar surface area (TPSA) is 55.5 Å². The first kappa shape index (κ1) is 20.9. The lowest BCUT2D eigenvalue weighted by Gasteiger charge is -2.26. The van der Waals surface area contributed by atoms with E-state index < -0.39 is 0 Å². The van der Waals surface area contributed by atoms with Crippen LogP contribution in [0.25, 0.3) is 0 Å². The molecule has 0 spiro atoms. The van der Waals surface area contributed by atoms with Crippen LogP contribution in [-0.2, 0) is 11.3 Å². The summed E-state index contributed by atoms with van der Waals surface area (Å²) in [5, 5.41) is 9.85. The monoisotopic (exact) mass is 402 g/mol. The minimum absolute atomic E-state index is 0.214. The third kappa shape index (κ3) is 5.14. The van der Waals surface area contributed by atoms with Gasteiger partial charge in [-0.1, -0.05) is 49.0 Å². The van der Waals surface area contributed by atoms with E-state index in [2.05, 4.69) is 60.0 Å². The molecule has 1 aromatic carbocycles. The molecule has 28 heavy (non-hydrogen) atoms. The largest absolute Gasteiger partial charge is 0.342 e. The Bertz CT molecular complexity index is 755. The van der Waals surface area contributed by atoms with Gasteiger partial charge in [0.2, 0.25) is 5.91 Å². The molecule has 1 fully saturated rings. The molecule has 1 amide bonds. The van der Waals surface area contributed by atoms with Gasteiger partial charge in [-0.3, -0.25) is 9.36 Å². The first-order valence-electron chi connectivity index (χ1n) is 10.3. The Hall–Kier alpha value is -1.86. The average Bonchev–Trinajstić information content (AvgIpc) is 3.10. The molecule has 2 heterocycles. The molecule has 0 unspecified atom stereocenters. The van der Waals surface area contributed by atoms with Gasteiger partial charge in [-0.05, 0) is 24.8 Å². The fourth-order valence-corrected chi connectivity index (χ4v) is 4.64. The van der Waals surface area contributed by atoms with E-state index >= 15 is 0 Å². The van der Waals surface area contributed by atoms with Crippen molar-refractivity contribution in [3.63, 3.8) is 0 Å². The molecule has 0 bridgehead atoms. The lowest BCUT2D eigenvalue weighted by atomic mass is 10.1. The van der Waals surface area contributed by atoms with Crippen LogP contribution in [0.4, 0.5) is 0 Å². The van der Waals surface area contributed by atoms with E-state index in [-0.39, 0.29) is 11.9 Å². The highest BCUT2D eigenvalue weighted by Gasteiger charge is 2.26. The highest BCUT2D eigenvalue weighted by atomic mass is 32.2. The zero-order valence-electron chi connectivity index (χ0n) is 17.2. The summed E-state index contributed by atoms with van der Waals surface area (Å²) in [5.41, 5.74) is 1.22. The molecule has 1 atom stereocenters. The molecule has 0 saturated carbocycles. The Labute approximate surface area is 172 Å². The van der Waals surface area contributed by atoms with Gasteiger partial charge in [-0.2, -0.15) is 0 Å². The molecule has 3 rings (SSSR count). The average molecular weight is 403 g/mol. The number of hydrogen-bond donors (Lipinski definition) is 1. The summed E-state index contributed by atoms with van der Waals surface area (Å²) in [5.74, 6) is 1.64. The van der Waals surface area contributed by atoms with Crippen LogP contribution in [0.1, 0.15) is 50.0 Å². The molecular weight excluding hydrogens is 370 g/mol. The highest BCUT2D eigenvalue weighted by Crippen LogP contribution is 2.23. The van der Waals surface area contributed by atoms with E-state index in [9.17, 15) is 4.79 Å². The van der Waals surface area contributed by atoms with Crippen molar-refractivity contribution in [1.29, 1.82) is 0 Å². The summed E-state index contributed by atoms with van der Waals surface area (Å²) >= 11 is 1.52. The number of likely N-dealkylation sites (tertiary alicyclic amines) is 1. The fourth-order valence-electron chi connectivity index (χ4n) is 3.79. The van der Waals surface area contributed by atoms with Crippen LogP contribution in [0.2, 0.25) is 0 Å². The Morgan fingerprint density at radius 2 is 1.86 bits per heavy atom. The second-order valence-corrected chi connectivity index (χ2v) is 8.62. The van der Waals surface area contributed by atoms with Gasteiger partial charge in [0.05, 0.1) is 26.4 Å². The second-order valence-electron chi connectivity index (χ2n) is 7.68. The molecule has 1 aliphatic rings. The van der Waals surface area contributed by atoms with Gasteiger partial charge in [-0.15, -0.1) is 10.2 Å². The molecule has 1 aliphatic heterocycles. The predicted octanol–water partition coefficient (Wildman–Crippen LogP) is 2.03. The zero-order valence-corrected chi connectivity index (χ0v) is 18.0. The summed E-state index contributed by atoms with van der Waals surface area (Å²) in [6, 6.07) is 10.7. The maximum atomic E-state index is 12.6. The smallest absolute Gasteiger partial charge is 0.233 e. The van der Waals surface area contributed by atoms with E-state index in [4.69, 9.17) is 0 Å². The normalized spacial score (nSPS) is 15.8. The van der Waals surface area contributed by atoms with Gasteiger partial charge < -0.3 is 9.80 Å². The van der Waals surface area contributed by atoms with Crippen molar-refractivity contribution < 1.29 is 9.69 Å². The summed E-state index contributed by atoms with van der Waals surface area (Å²) in [6.07, 6.45) is 4.46. The number of benzene rings is 1. The van der Waals surface area contributed by atoms with Crippen molar-refractivity contribution in [3.8, 4) is 0 Å². The van der Waals surface area contributed by atoms with Crippen LogP contribution < -0.4 is 4.90 Å². The number of piperidine rings is 1. The number of amides is 1. The Morgan fingerprint density at radius 1 is 1.14 bits per heavy atom. The van der Waals surface area contributed by atoms with E-state index in [0.717, 1.165) is 49.9 Å². The molecular formula is C21H32N5OS+. The number of rotatable bonds is 8. The lowest BCUT2D eigenvalue weighted by Crippen LogP contribution is -3.06. The van der Waals surface area contributed by atoms with Gasteiger partial charge in [0, 0.05) is 19.5 Å². The minimum atomic E-state index is 0.214. The molecule has 1 saturated heterocycles. The molecule has 1 aromatic heterocycles. The van der Waals surface area contributed by atoms with E-state index in [1.54, 1.807) is 0 Å². The van der Waals surface area contributed by atoms with Crippen LogP contribution in [0.3, 0.4) is 0 Å². The van der Waals surface area contributed by atoms with Gasteiger partial charge >= 0.3 is 0 Å². The quantitative estimate of drug-likeness (QED) is 0.687. The van der Waals surface area contributed by atoms with Crippen molar-refractivity contribution in [2.24, 2.45) is 0 Å². The summed E-state index contributed by atoms with van der Waals surface area (Å²) < 4.78 is 2.20. The molecule has 1 N–H and O–H groups in total. The highest BCUT2D eigenvalue weighted by molar-refractivity contribution is 7.99. The predicted molar refractivity (Wildman–Crippen MR) is 113 cm³/mol. The Balaban J connectivity index is 1.79. The molecule has 7 heteroatoms. The standard InChI is InChI=1S/C21H31N5OS/c1-4-18(24(2)3)20-22-23-21(26(20)15-17-11-7-5-8-12-17)28-16-19(27)25-13-9-6-10-14-25/h5,7-8,11-12,18H,4,6,9-10,13-16H2,1-3H3/p+1/t18-/m1/s1. The van der Waals surface area contributed by atoms with Crippen molar-refractivity contribution >= 4 is 17.7 Å². The number of quaternary nitrogens is 1. The zero-order chi connectivity index (χ0) is 19.9. The number of carbonyl (C=O) groups excluding carboxylic acids is 1. The van der Waals surface area contributed by atoms with Crippen LogP contribution in [0, 0.1) is 0 Å². The molecule has 0 radical (unpaired) electrons. The first-order chi connectivity index (χ1) is 13.6. The SMILES string of the molecule is CC[C@H](c1nnc(SCC(=O)N2CCCCC2)n1Cc1ccccc1)[NH+](C)C. The third-order valence-corrected chi connectivity index (χ3v) is 6.33. The number of hydrogen-bond acceptors (Lipinski definition) is 4. The van der Waals surface area contributed by atoms with Crippen LogP contribution in [0.5, 0.6) is 0 Å². The Morgan fingerprint density at radius 3 is 2.50 bits per heavy atom. The van der Waals surface area contributed by atoms with Crippen molar-refractivity contribution in [2.75, 3.05) is 32.9 Å². The van der Waals surface area contributed by atoms with Crippen molar-refractivity contribution in [1.82, 2.24) is 19.7 Å². The van der Waals surface area contributed by atoms with Gasteiger partial charge in [-0.25, -0.2) is 0 Å². The summed E-state index contributed by atoms with van der Waals surface area (Å²) in [6.45, 7) is 4.70. The minimum Gasteiger partial charge on any atom is -0.342 e. The second kappa shape index (κ2) is 10.1. The number of carbonyl (C=O) groups is 1. The number of aromatic nitrogens is 3. The first-order valence-corrected chi connectivity index (χ1v) is 11.3. The third-order valence-electron chi connectivity index (χ3n) is 5.38. The van der Waals surface area contributed by atoms with E-state index in [0.29, 0.717) is 5.75 Å². The molecule has 2 aromatic rings. The molecule has 6 nitrogen and oxygen atoms in total. The summed E-state index contributed by atoms with van der Waals surface area (Å²) in [4.78, 5) is 15.9. The molecule has 152 valence electrons. The lowest BCUT2D eigenvalue weighted by molar-refractivity contribution is -0.893. The van der Waals surface area contributed by atoms with Crippen LogP contribution in [0.15, 0.2) is 35.5 Å². The fraction of sp³-hybridized carbons (Fsp3) is 0.571. The number of nitrogens with one attached hydrogen (secondary N) is 1. The van der Waals surface area contributed by atoms with Crippen LogP contribution in [-0.4, -0.2) is 58.5 Å². The van der Waals surface area contributed by atoms with Gasteiger partial charge in [0.25, 0.3) is 0 Å². The van der Waals surface area contributed by atoms with E-state index in [1.807, 2.05) is 11.0 Å². The van der Waals surface area contributed by atoms with Gasteiger partial charge in [0.1, 0.15) is 6.04 Å². The van der Waals surface area contributed by atoms with Gasteiger partial charge in [0.15, 0.2) is 11.0 Å². The number of nitrogens with zero attached hydrogens (tertiary/aromatic N) is 4. The molecule has 0 aliphatic carbocycles. The van der Waals surface area contributed by atoms with Crippen molar-refractivity contribution in [2.45, 2.75) is 50.4 Å². The maximum Gasteiger partial charge on any atom is 0.233 e. The maximum absolute atomic E-state index is 12.6.